The van der Waals surface area contributed by atoms with Gasteiger partial charge < -0.3 is 14.9 Å². The summed E-state index contributed by atoms with van der Waals surface area (Å²) in [5.41, 5.74) is 0. The first-order valence-corrected chi connectivity index (χ1v) is 17.9. The molecule has 0 aromatic carbocycles. The molecule has 7 nitrogen and oxygen atoms in total. The summed E-state index contributed by atoms with van der Waals surface area (Å²) >= 11 is 0. The molecule has 1 unspecified atom stereocenters. The van der Waals surface area contributed by atoms with Crippen molar-refractivity contribution in [1.82, 2.24) is 0 Å². The molecule has 1 atom stereocenters. The minimum atomic E-state index is -1.02. The van der Waals surface area contributed by atoms with E-state index in [1.165, 1.54) is 122 Å². The molecule has 0 amide bonds. The van der Waals surface area contributed by atoms with E-state index in [9.17, 15) is 9.59 Å². The summed E-state index contributed by atoms with van der Waals surface area (Å²) in [6, 6.07) is 0. The molecule has 0 bridgehead atoms. The summed E-state index contributed by atoms with van der Waals surface area (Å²) in [6.07, 6.45) is 32.2. The molecule has 0 saturated heterocycles. The van der Waals surface area contributed by atoms with Gasteiger partial charge in [-0.15, -0.1) is 0 Å². The fourth-order valence-corrected chi connectivity index (χ4v) is 5.13. The number of esters is 1. The average Bonchev–Trinajstić information content (AvgIpc) is 2.99. The van der Waals surface area contributed by atoms with Crippen molar-refractivity contribution in [3.05, 3.63) is 0 Å². The molecule has 42 heavy (non-hydrogen) atoms. The van der Waals surface area contributed by atoms with Gasteiger partial charge in [0.15, 0.2) is 0 Å². The van der Waals surface area contributed by atoms with Gasteiger partial charge >= 0.3 is 11.9 Å². The molecule has 7 heteroatoms. The molecule has 0 aliphatic heterocycles. The van der Waals surface area contributed by atoms with Gasteiger partial charge in [0.25, 0.3) is 0 Å². The Morgan fingerprint density at radius 2 is 0.881 bits per heavy atom. The maximum Gasteiger partial charge on any atom is 0.342 e. The fraction of sp³-hybridized carbons (Fsp3) is 0.943. The van der Waals surface area contributed by atoms with Crippen LogP contribution in [0.2, 0.25) is 0 Å². The number of rotatable bonds is 34. The molecule has 2 N–H and O–H groups in total. The number of aliphatic hydroxyl groups excluding tert-OH is 2. The second-order valence-electron chi connectivity index (χ2n) is 12.1. The summed E-state index contributed by atoms with van der Waals surface area (Å²) in [7, 11) is 0. The van der Waals surface area contributed by atoms with Crippen LogP contribution in [0.15, 0.2) is 0 Å². The number of hydrogen-bond donors (Lipinski definition) is 2. The Labute approximate surface area is 258 Å². The topological polar surface area (TPSA) is 102 Å². The number of ether oxygens (including phenoxy) is 1. The zero-order valence-electron chi connectivity index (χ0n) is 27.4. The van der Waals surface area contributed by atoms with Crippen molar-refractivity contribution in [3.8, 4) is 0 Å². The van der Waals surface area contributed by atoms with Crippen LogP contribution in [0.1, 0.15) is 187 Å². The Balaban J connectivity index is 3.21. The number of unbranched alkanes of at least 4 members (excludes halogenated alkanes) is 24. The van der Waals surface area contributed by atoms with Crippen LogP contribution in [-0.2, 0) is 24.1 Å². The lowest BCUT2D eigenvalue weighted by Gasteiger charge is -2.07. The smallest absolute Gasteiger partial charge is 0.342 e. The first kappa shape index (κ1) is 40.8. The number of carbonyl (C=O) groups is 2. The van der Waals surface area contributed by atoms with Crippen LogP contribution in [-0.4, -0.2) is 48.1 Å². The van der Waals surface area contributed by atoms with Crippen LogP contribution < -0.4 is 0 Å². The van der Waals surface area contributed by atoms with Gasteiger partial charge in [-0.2, -0.15) is 4.89 Å². The fourth-order valence-electron chi connectivity index (χ4n) is 5.13. The van der Waals surface area contributed by atoms with E-state index in [0.717, 1.165) is 44.9 Å². The van der Waals surface area contributed by atoms with E-state index < -0.39 is 18.7 Å². The molecule has 0 rings (SSSR count). The lowest BCUT2D eigenvalue weighted by Crippen LogP contribution is -2.20. The van der Waals surface area contributed by atoms with E-state index in [4.69, 9.17) is 14.9 Å². The maximum absolute atomic E-state index is 11.9. The standard InChI is InChI=1S/C35H68O7/c1-2-3-4-5-6-7-8-10-13-16-19-22-25-28-34(38)40-30-27-24-21-18-15-12-9-11-14-17-20-23-26-29-35(39)42-41-32-33(37)31-36/h33,36-37H,2-32H2,1H3. The Kier molecular flexibility index (Phi) is 33.3. The second kappa shape index (κ2) is 34.3. The van der Waals surface area contributed by atoms with Gasteiger partial charge in [0.2, 0.25) is 0 Å². The highest BCUT2D eigenvalue weighted by Gasteiger charge is 2.07. The van der Waals surface area contributed by atoms with Gasteiger partial charge in [-0.05, 0) is 19.3 Å². The monoisotopic (exact) mass is 600 g/mol. The zero-order valence-corrected chi connectivity index (χ0v) is 27.4. The van der Waals surface area contributed by atoms with Gasteiger partial charge in [0.1, 0.15) is 12.7 Å². The largest absolute Gasteiger partial charge is 0.466 e. The molecular formula is C35H68O7. The highest BCUT2D eigenvalue weighted by molar-refractivity contribution is 5.69. The number of aliphatic hydroxyl groups is 2. The molecular weight excluding hydrogens is 532 g/mol. The van der Waals surface area contributed by atoms with Gasteiger partial charge in [-0.25, -0.2) is 4.79 Å². The first-order chi connectivity index (χ1) is 20.6. The van der Waals surface area contributed by atoms with E-state index >= 15 is 0 Å². The van der Waals surface area contributed by atoms with Crippen molar-refractivity contribution < 1.29 is 34.3 Å². The molecule has 0 radical (unpaired) electrons. The highest BCUT2D eigenvalue weighted by Crippen LogP contribution is 2.15. The molecule has 0 aromatic rings. The molecule has 250 valence electrons. The second-order valence-corrected chi connectivity index (χ2v) is 12.1. The van der Waals surface area contributed by atoms with Crippen molar-refractivity contribution in [2.24, 2.45) is 0 Å². The van der Waals surface area contributed by atoms with E-state index in [2.05, 4.69) is 16.7 Å². The van der Waals surface area contributed by atoms with E-state index in [1.54, 1.807) is 0 Å². The minimum Gasteiger partial charge on any atom is -0.466 e. The molecule has 0 saturated carbocycles. The van der Waals surface area contributed by atoms with E-state index in [1.807, 2.05) is 0 Å². The molecule has 0 fully saturated rings. The van der Waals surface area contributed by atoms with Gasteiger partial charge in [-0.3, -0.25) is 9.68 Å². The van der Waals surface area contributed by atoms with Gasteiger partial charge in [0.05, 0.1) is 13.2 Å². The first-order valence-electron chi connectivity index (χ1n) is 17.9. The third kappa shape index (κ3) is 33.3. The van der Waals surface area contributed by atoms with Gasteiger partial charge in [-0.1, -0.05) is 155 Å². The van der Waals surface area contributed by atoms with Crippen LogP contribution >= 0.6 is 0 Å². The van der Waals surface area contributed by atoms with Crippen LogP contribution in [0.4, 0.5) is 0 Å². The molecule has 0 aliphatic rings. The van der Waals surface area contributed by atoms with Crippen molar-refractivity contribution in [2.45, 2.75) is 193 Å². The van der Waals surface area contributed by atoms with Crippen molar-refractivity contribution >= 4 is 11.9 Å². The Bertz CT molecular complexity index is 570. The summed E-state index contributed by atoms with van der Waals surface area (Å²) in [4.78, 5) is 32.5. The quantitative estimate of drug-likeness (QED) is 0.0328. The van der Waals surface area contributed by atoms with Gasteiger partial charge in [0, 0.05) is 12.8 Å². The number of hydrogen-bond acceptors (Lipinski definition) is 7. The Morgan fingerprint density at radius 3 is 1.29 bits per heavy atom. The summed E-state index contributed by atoms with van der Waals surface area (Å²) in [6.45, 7) is 2.23. The van der Waals surface area contributed by atoms with Crippen molar-refractivity contribution in [2.75, 3.05) is 19.8 Å². The van der Waals surface area contributed by atoms with Crippen molar-refractivity contribution in [3.63, 3.8) is 0 Å². The maximum atomic E-state index is 11.9. The third-order valence-electron chi connectivity index (χ3n) is 7.90. The zero-order chi connectivity index (χ0) is 30.8. The predicted molar refractivity (Wildman–Crippen MR) is 171 cm³/mol. The molecule has 0 aromatic heterocycles. The van der Waals surface area contributed by atoms with Crippen LogP contribution in [0.3, 0.4) is 0 Å². The highest BCUT2D eigenvalue weighted by atomic mass is 17.2. The lowest BCUT2D eigenvalue weighted by molar-refractivity contribution is -0.282. The SMILES string of the molecule is CCCCCCCCCCCCCCCC(=O)OCCCCCCCCCCCCCCCC(=O)OOCC(O)CO. The van der Waals surface area contributed by atoms with Crippen LogP contribution in [0, 0.1) is 0 Å². The van der Waals surface area contributed by atoms with Crippen LogP contribution in [0.25, 0.3) is 0 Å². The molecule has 0 spiro atoms. The van der Waals surface area contributed by atoms with E-state index in [0.29, 0.717) is 19.4 Å². The lowest BCUT2D eigenvalue weighted by atomic mass is 10.0. The summed E-state index contributed by atoms with van der Waals surface area (Å²) < 4.78 is 5.41. The Morgan fingerprint density at radius 1 is 0.524 bits per heavy atom. The summed E-state index contributed by atoms with van der Waals surface area (Å²) in [5, 5.41) is 17.7. The average molecular weight is 601 g/mol. The van der Waals surface area contributed by atoms with Crippen molar-refractivity contribution in [1.29, 1.82) is 0 Å². The third-order valence-corrected chi connectivity index (χ3v) is 7.90. The molecule has 0 aliphatic carbocycles. The predicted octanol–water partition coefficient (Wildman–Crippen LogP) is 9.30. The van der Waals surface area contributed by atoms with Crippen LogP contribution in [0.5, 0.6) is 0 Å². The normalized spacial score (nSPS) is 12.0. The minimum absolute atomic E-state index is 0.0120. The molecule has 0 heterocycles. The number of carbonyl (C=O) groups excluding carboxylic acids is 2. The van der Waals surface area contributed by atoms with E-state index in [-0.39, 0.29) is 12.6 Å². The Hall–Kier alpha value is -1.18. The summed E-state index contributed by atoms with van der Waals surface area (Å²) in [5.74, 6) is -0.441.